The highest BCUT2D eigenvalue weighted by Gasteiger charge is 2.18. The molecule has 0 aliphatic carbocycles. The third-order valence-corrected chi connectivity index (χ3v) is 3.70. The predicted octanol–water partition coefficient (Wildman–Crippen LogP) is 3.64. The van der Waals surface area contributed by atoms with E-state index in [2.05, 4.69) is 37.4 Å². The molecule has 1 fully saturated rings. The summed E-state index contributed by atoms with van der Waals surface area (Å²) < 4.78 is 5.99. The molecule has 0 amide bonds. The van der Waals surface area contributed by atoms with Crippen LogP contribution in [0.25, 0.3) is 0 Å². The van der Waals surface area contributed by atoms with Gasteiger partial charge in [0.25, 0.3) is 0 Å². The monoisotopic (exact) mass is 247 g/mol. The Balaban J connectivity index is 2.11. The van der Waals surface area contributed by atoms with Gasteiger partial charge in [0.1, 0.15) is 5.75 Å². The molecule has 1 aromatic rings. The van der Waals surface area contributed by atoms with E-state index in [-0.39, 0.29) is 0 Å². The molecular weight excluding hydrogens is 222 g/mol. The van der Waals surface area contributed by atoms with Crippen molar-refractivity contribution >= 4 is 0 Å². The van der Waals surface area contributed by atoms with E-state index in [4.69, 9.17) is 4.74 Å². The third kappa shape index (κ3) is 3.49. The third-order valence-electron chi connectivity index (χ3n) is 3.70. The maximum atomic E-state index is 5.99. The molecule has 0 spiro atoms. The van der Waals surface area contributed by atoms with Crippen LogP contribution in [-0.4, -0.2) is 19.7 Å². The molecule has 0 saturated carbocycles. The normalized spacial score (nSPS) is 16.8. The maximum absolute atomic E-state index is 5.99. The summed E-state index contributed by atoms with van der Waals surface area (Å²) in [6.07, 6.45) is 4.79. The fourth-order valence-corrected chi connectivity index (χ4v) is 2.56. The minimum atomic E-state index is 0.670. The van der Waals surface area contributed by atoms with Crippen LogP contribution in [0.15, 0.2) is 18.2 Å². The molecule has 0 unspecified atom stereocenters. The summed E-state index contributed by atoms with van der Waals surface area (Å²) in [5, 5.41) is 3.43. The van der Waals surface area contributed by atoms with Gasteiger partial charge in [-0.2, -0.15) is 0 Å². The number of piperidine rings is 1. The van der Waals surface area contributed by atoms with Crippen LogP contribution in [0.5, 0.6) is 5.75 Å². The van der Waals surface area contributed by atoms with Crippen molar-refractivity contribution in [3.05, 3.63) is 29.3 Å². The number of rotatable bonds is 5. The van der Waals surface area contributed by atoms with E-state index in [1.165, 1.54) is 30.4 Å². The molecule has 0 aromatic heterocycles. The Morgan fingerprint density at radius 2 is 2.06 bits per heavy atom. The summed E-state index contributed by atoms with van der Waals surface area (Å²) in [4.78, 5) is 0. The summed E-state index contributed by atoms with van der Waals surface area (Å²) in [5.74, 6) is 1.79. The second kappa shape index (κ2) is 6.79. The van der Waals surface area contributed by atoms with Crippen molar-refractivity contribution in [2.45, 2.75) is 45.4 Å². The first-order valence-electron chi connectivity index (χ1n) is 7.25. The molecule has 2 rings (SSSR count). The fourth-order valence-electron chi connectivity index (χ4n) is 2.56. The van der Waals surface area contributed by atoms with Crippen LogP contribution in [0.2, 0.25) is 0 Å². The molecule has 0 bridgehead atoms. The molecule has 1 saturated heterocycles. The lowest BCUT2D eigenvalue weighted by Gasteiger charge is -2.25. The van der Waals surface area contributed by atoms with Crippen LogP contribution in [0.4, 0.5) is 0 Å². The van der Waals surface area contributed by atoms with Gasteiger partial charge in [0.2, 0.25) is 0 Å². The minimum absolute atomic E-state index is 0.670. The standard InChI is InChI=1S/C16H25NO/c1-3-4-11-18-16-12-13(2)5-6-15(16)14-7-9-17-10-8-14/h5-6,12,14,17H,3-4,7-11H2,1-2H3. The summed E-state index contributed by atoms with van der Waals surface area (Å²) >= 11 is 0. The van der Waals surface area contributed by atoms with E-state index in [9.17, 15) is 0 Å². The zero-order valence-corrected chi connectivity index (χ0v) is 11.7. The van der Waals surface area contributed by atoms with Gasteiger partial charge in [0, 0.05) is 0 Å². The van der Waals surface area contributed by atoms with Gasteiger partial charge in [-0.15, -0.1) is 0 Å². The highest BCUT2D eigenvalue weighted by Crippen LogP contribution is 2.33. The average molecular weight is 247 g/mol. The summed E-state index contributed by atoms with van der Waals surface area (Å²) in [5.41, 5.74) is 2.71. The SMILES string of the molecule is CCCCOc1cc(C)ccc1C1CCNCC1. The molecule has 1 aliphatic rings. The molecule has 18 heavy (non-hydrogen) atoms. The molecule has 0 atom stereocenters. The number of nitrogens with one attached hydrogen (secondary N) is 1. The van der Waals surface area contributed by atoms with Gasteiger partial charge in [-0.1, -0.05) is 25.5 Å². The van der Waals surface area contributed by atoms with Crippen molar-refractivity contribution in [3.8, 4) is 5.75 Å². The Morgan fingerprint density at radius 3 is 2.78 bits per heavy atom. The van der Waals surface area contributed by atoms with Gasteiger partial charge in [0.15, 0.2) is 0 Å². The maximum Gasteiger partial charge on any atom is 0.123 e. The van der Waals surface area contributed by atoms with E-state index in [1.807, 2.05) is 0 Å². The molecule has 2 heteroatoms. The largest absolute Gasteiger partial charge is 0.493 e. The van der Waals surface area contributed by atoms with Crippen molar-refractivity contribution in [2.75, 3.05) is 19.7 Å². The second-order valence-corrected chi connectivity index (χ2v) is 5.27. The van der Waals surface area contributed by atoms with Crippen molar-refractivity contribution in [2.24, 2.45) is 0 Å². The quantitative estimate of drug-likeness (QED) is 0.802. The fraction of sp³-hybridized carbons (Fsp3) is 0.625. The number of benzene rings is 1. The number of aryl methyl sites for hydroxylation is 1. The number of unbranched alkanes of at least 4 members (excludes halogenated alkanes) is 1. The van der Waals surface area contributed by atoms with E-state index in [0.29, 0.717) is 5.92 Å². The van der Waals surface area contributed by atoms with Gasteiger partial charge >= 0.3 is 0 Å². The van der Waals surface area contributed by atoms with E-state index in [1.54, 1.807) is 0 Å². The second-order valence-electron chi connectivity index (χ2n) is 5.27. The van der Waals surface area contributed by atoms with Crippen LogP contribution in [-0.2, 0) is 0 Å². The van der Waals surface area contributed by atoms with Crippen molar-refractivity contribution in [1.82, 2.24) is 5.32 Å². The highest BCUT2D eigenvalue weighted by atomic mass is 16.5. The Morgan fingerprint density at radius 1 is 1.28 bits per heavy atom. The summed E-state index contributed by atoms with van der Waals surface area (Å²) in [6.45, 7) is 7.45. The van der Waals surface area contributed by atoms with E-state index in [0.717, 1.165) is 31.9 Å². The molecule has 100 valence electrons. The van der Waals surface area contributed by atoms with Crippen LogP contribution >= 0.6 is 0 Å². The zero-order chi connectivity index (χ0) is 12.8. The lowest BCUT2D eigenvalue weighted by atomic mass is 9.89. The van der Waals surface area contributed by atoms with Crippen molar-refractivity contribution in [3.63, 3.8) is 0 Å². The number of ether oxygens (including phenoxy) is 1. The van der Waals surface area contributed by atoms with E-state index >= 15 is 0 Å². The number of hydrogen-bond acceptors (Lipinski definition) is 2. The first-order valence-corrected chi connectivity index (χ1v) is 7.25. The first-order chi connectivity index (χ1) is 8.81. The van der Waals surface area contributed by atoms with Crippen molar-refractivity contribution < 1.29 is 4.74 Å². The lowest BCUT2D eigenvalue weighted by molar-refractivity contribution is 0.301. The molecule has 1 N–H and O–H groups in total. The lowest BCUT2D eigenvalue weighted by Crippen LogP contribution is -2.26. The van der Waals surface area contributed by atoms with Gasteiger partial charge < -0.3 is 10.1 Å². The molecule has 1 heterocycles. The van der Waals surface area contributed by atoms with Crippen LogP contribution < -0.4 is 10.1 Å². The van der Waals surface area contributed by atoms with Crippen LogP contribution in [0.1, 0.15) is 49.7 Å². The molecule has 2 nitrogen and oxygen atoms in total. The van der Waals surface area contributed by atoms with E-state index < -0.39 is 0 Å². The summed E-state index contributed by atoms with van der Waals surface area (Å²) in [7, 11) is 0. The Labute approximate surface area is 111 Å². The molecule has 0 radical (unpaired) electrons. The zero-order valence-electron chi connectivity index (χ0n) is 11.7. The Kier molecular flexibility index (Phi) is 5.06. The Hall–Kier alpha value is -1.02. The topological polar surface area (TPSA) is 21.3 Å². The molecular formula is C16H25NO. The summed E-state index contributed by atoms with van der Waals surface area (Å²) in [6, 6.07) is 6.68. The number of hydrogen-bond donors (Lipinski definition) is 1. The first kappa shape index (κ1) is 13.4. The van der Waals surface area contributed by atoms with Gasteiger partial charge in [0.05, 0.1) is 6.61 Å². The van der Waals surface area contributed by atoms with Crippen molar-refractivity contribution in [1.29, 1.82) is 0 Å². The smallest absolute Gasteiger partial charge is 0.123 e. The highest BCUT2D eigenvalue weighted by molar-refractivity contribution is 5.39. The molecule has 1 aromatic carbocycles. The average Bonchev–Trinajstić information content (AvgIpc) is 2.40. The van der Waals surface area contributed by atoms with Crippen LogP contribution in [0.3, 0.4) is 0 Å². The molecule has 1 aliphatic heterocycles. The van der Waals surface area contributed by atoms with Gasteiger partial charge in [-0.25, -0.2) is 0 Å². The van der Waals surface area contributed by atoms with Gasteiger partial charge in [-0.3, -0.25) is 0 Å². The van der Waals surface area contributed by atoms with Gasteiger partial charge in [-0.05, 0) is 62.4 Å². The predicted molar refractivity (Wildman–Crippen MR) is 76.4 cm³/mol. The minimum Gasteiger partial charge on any atom is -0.493 e. The Bertz CT molecular complexity index is 369. The van der Waals surface area contributed by atoms with Crippen LogP contribution in [0, 0.1) is 6.92 Å².